The van der Waals surface area contributed by atoms with Gasteiger partial charge in [-0.3, -0.25) is 0 Å². The number of anilines is 6. The Labute approximate surface area is 367 Å². The second kappa shape index (κ2) is 13.0. The Hall–Kier alpha value is -7.62. The van der Waals surface area contributed by atoms with Gasteiger partial charge in [-0.2, -0.15) is 0 Å². The average molecular weight is 809 g/mol. The molecule has 0 amide bonds. The lowest BCUT2D eigenvalue weighted by Crippen LogP contribution is -2.31. The summed E-state index contributed by atoms with van der Waals surface area (Å²) in [5, 5.41) is 9.95. The molecule has 0 saturated heterocycles. The molecule has 3 heterocycles. The highest BCUT2D eigenvalue weighted by Gasteiger charge is 2.40. The van der Waals surface area contributed by atoms with Crippen molar-refractivity contribution in [1.29, 1.82) is 0 Å². The third-order valence-corrected chi connectivity index (χ3v) is 14.4. The first-order valence-electron chi connectivity index (χ1n) is 22.1. The highest BCUT2D eigenvalue weighted by molar-refractivity contribution is 6.26. The minimum Gasteiger partial charge on any atom is -0.454 e. The molecule has 0 unspecified atom stereocenters. The Balaban J connectivity index is 0.982. The Kier molecular flexibility index (Phi) is 7.42. The molecule has 63 heavy (non-hydrogen) atoms. The number of rotatable bonds is 3. The van der Waals surface area contributed by atoms with Crippen molar-refractivity contribution >= 4 is 88.4 Å². The first kappa shape index (κ1) is 36.1. The molecule has 3 heteroatoms. The number of fused-ring (bicyclic) bond motifs is 13. The maximum Gasteiger partial charge on any atom is 0.159 e. The van der Waals surface area contributed by atoms with Gasteiger partial charge in [0.1, 0.15) is 5.58 Å². The summed E-state index contributed by atoms with van der Waals surface area (Å²) in [4.78, 5) is 4.91. The van der Waals surface area contributed by atoms with E-state index in [0.29, 0.717) is 0 Å². The molecule has 0 aliphatic carbocycles. The Bertz CT molecular complexity index is 3680. The first-order valence-corrected chi connectivity index (χ1v) is 22.1. The fourth-order valence-electron chi connectivity index (χ4n) is 11.2. The summed E-state index contributed by atoms with van der Waals surface area (Å²) in [5.74, 6) is 0. The summed E-state index contributed by atoms with van der Waals surface area (Å²) in [6.07, 6.45) is 0. The molecule has 0 bridgehead atoms. The van der Waals surface area contributed by atoms with Crippen LogP contribution in [0.4, 0.5) is 34.1 Å². The molecular weight excluding hydrogens is 765 g/mol. The average Bonchev–Trinajstić information content (AvgIpc) is 3.71. The van der Waals surface area contributed by atoms with Gasteiger partial charge in [0, 0.05) is 27.3 Å². The monoisotopic (exact) mass is 808 g/mol. The number of nitrogens with zero attached hydrogens (tertiary/aromatic N) is 2. The van der Waals surface area contributed by atoms with Crippen LogP contribution in [0.15, 0.2) is 199 Å². The molecule has 0 spiro atoms. The summed E-state index contributed by atoms with van der Waals surface area (Å²) >= 11 is 0. The van der Waals surface area contributed by atoms with E-state index in [9.17, 15) is 0 Å². The number of benzene rings is 10. The van der Waals surface area contributed by atoms with Crippen molar-refractivity contribution in [2.45, 2.75) is 38.5 Å². The van der Waals surface area contributed by atoms with Crippen LogP contribution in [0.25, 0.3) is 65.4 Å². The summed E-state index contributed by atoms with van der Waals surface area (Å²) in [6.45, 7) is 9.51. The number of hydrogen-bond donors (Lipinski definition) is 0. The van der Waals surface area contributed by atoms with Crippen LogP contribution in [-0.2, 0) is 10.8 Å². The Morgan fingerprint density at radius 3 is 1.38 bits per heavy atom. The van der Waals surface area contributed by atoms with Crippen LogP contribution < -0.4 is 9.80 Å². The lowest BCUT2D eigenvalue weighted by molar-refractivity contribution is 0.630. The van der Waals surface area contributed by atoms with E-state index in [1.807, 2.05) is 6.07 Å². The zero-order valence-corrected chi connectivity index (χ0v) is 35.8. The van der Waals surface area contributed by atoms with Gasteiger partial charge in [0.25, 0.3) is 0 Å². The van der Waals surface area contributed by atoms with Crippen molar-refractivity contribution in [3.8, 4) is 11.1 Å². The first-order chi connectivity index (χ1) is 30.8. The van der Waals surface area contributed by atoms with Crippen LogP contribution in [-0.4, -0.2) is 0 Å². The molecule has 300 valence electrons. The normalized spacial score (nSPS) is 14.9. The van der Waals surface area contributed by atoms with Gasteiger partial charge in [0.05, 0.1) is 28.4 Å². The van der Waals surface area contributed by atoms with Gasteiger partial charge in [-0.1, -0.05) is 161 Å². The van der Waals surface area contributed by atoms with E-state index < -0.39 is 0 Å². The van der Waals surface area contributed by atoms with Gasteiger partial charge in [0.2, 0.25) is 0 Å². The molecular formula is C60H44N2O. The molecule has 3 nitrogen and oxygen atoms in total. The molecule has 1 aromatic heterocycles. The van der Waals surface area contributed by atoms with Crippen LogP contribution in [0.5, 0.6) is 0 Å². The summed E-state index contributed by atoms with van der Waals surface area (Å²) in [5.41, 5.74) is 15.9. The number of hydrogen-bond acceptors (Lipinski definition) is 3. The minimum atomic E-state index is -0.255. The Morgan fingerprint density at radius 1 is 0.317 bits per heavy atom. The van der Waals surface area contributed by atoms with E-state index in [1.165, 1.54) is 88.4 Å². The van der Waals surface area contributed by atoms with E-state index in [0.717, 1.165) is 33.3 Å². The molecule has 10 aromatic carbocycles. The molecule has 13 rings (SSSR count). The van der Waals surface area contributed by atoms with E-state index in [-0.39, 0.29) is 10.8 Å². The standard InChI is InChI=1S/C60H44N2O/c1-59(2)48-22-10-12-24-52(48)61(39-30-31-44-42-18-6-5-16-40(42)41-17-7-8-19-43(41)47(44)36-39)54-32-28-37(34-50(54)59)38-29-33-55-51(35-38)60(3,4)49-23-11-13-25-53(49)62(55)56-26-15-21-46-45-20-9-14-27-57(45)63-58(46)56/h5-36H,1-4H3. The van der Waals surface area contributed by atoms with Crippen molar-refractivity contribution in [2.75, 3.05) is 9.80 Å². The lowest BCUT2D eigenvalue weighted by Gasteiger charge is -2.43. The van der Waals surface area contributed by atoms with Gasteiger partial charge in [-0.25, -0.2) is 0 Å². The Morgan fingerprint density at radius 2 is 0.762 bits per heavy atom. The predicted octanol–water partition coefficient (Wildman–Crippen LogP) is 16.9. The van der Waals surface area contributed by atoms with Gasteiger partial charge in [-0.05, 0) is 126 Å². The van der Waals surface area contributed by atoms with Crippen molar-refractivity contribution in [1.82, 2.24) is 0 Å². The van der Waals surface area contributed by atoms with E-state index in [1.54, 1.807) is 0 Å². The van der Waals surface area contributed by atoms with Crippen molar-refractivity contribution in [3.05, 3.63) is 216 Å². The van der Waals surface area contributed by atoms with Gasteiger partial charge in [-0.15, -0.1) is 0 Å². The van der Waals surface area contributed by atoms with Crippen LogP contribution in [0.3, 0.4) is 0 Å². The van der Waals surface area contributed by atoms with Crippen molar-refractivity contribution < 1.29 is 4.42 Å². The molecule has 0 saturated carbocycles. The third-order valence-electron chi connectivity index (χ3n) is 14.4. The maximum absolute atomic E-state index is 6.66. The largest absolute Gasteiger partial charge is 0.454 e. The van der Waals surface area contributed by atoms with Gasteiger partial charge in [0.15, 0.2) is 5.58 Å². The summed E-state index contributed by atoms with van der Waals surface area (Å²) in [7, 11) is 0. The fraction of sp³-hybridized carbons (Fsp3) is 0.100. The molecule has 0 N–H and O–H groups in total. The molecule has 0 fully saturated rings. The van der Waals surface area contributed by atoms with E-state index in [4.69, 9.17) is 4.42 Å². The fourth-order valence-corrected chi connectivity index (χ4v) is 11.2. The van der Waals surface area contributed by atoms with Gasteiger partial charge < -0.3 is 14.2 Å². The number of furan rings is 1. The van der Waals surface area contributed by atoms with Crippen LogP contribution in [0, 0.1) is 0 Å². The summed E-state index contributed by atoms with van der Waals surface area (Å²) in [6, 6.07) is 71.7. The molecule has 11 aromatic rings. The second-order valence-electron chi connectivity index (χ2n) is 18.5. The van der Waals surface area contributed by atoms with Gasteiger partial charge >= 0.3 is 0 Å². The predicted molar refractivity (Wildman–Crippen MR) is 265 cm³/mol. The van der Waals surface area contributed by atoms with E-state index >= 15 is 0 Å². The SMILES string of the molecule is CC1(C)c2ccccc2N(c2ccc3c4ccccc4c4ccccc4c3c2)c2ccc(-c3ccc4c(c3)C(C)(C)c3ccccc3N4c3cccc4c3oc3ccccc34)cc21. The van der Waals surface area contributed by atoms with Crippen LogP contribution >= 0.6 is 0 Å². The highest BCUT2D eigenvalue weighted by Crippen LogP contribution is 2.56. The highest BCUT2D eigenvalue weighted by atomic mass is 16.3. The smallest absolute Gasteiger partial charge is 0.159 e. The molecule has 0 atom stereocenters. The minimum absolute atomic E-state index is 0.243. The second-order valence-corrected chi connectivity index (χ2v) is 18.5. The summed E-state index contributed by atoms with van der Waals surface area (Å²) < 4.78 is 6.66. The lowest BCUT2D eigenvalue weighted by atomic mass is 9.71. The topological polar surface area (TPSA) is 19.6 Å². The zero-order chi connectivity index (χ0) is 42.2. The van der Waals surface area contributed by atoms with Crippen molar-refractivity contribution in [3.63, 3.8) is 0 Å². The third kappa shape index (κ3) is 5.02. The van der Waals surface area contributed by atoms with Crippen LogP contribution in [0.1, 0.15) is 49.9 Å². The molecule has 0 radical (unpaired) electrons. The van der Waals surface area contributed by atoms with Crippen LogP contribution in [0.2, 0.25) is 0 Å². The molecule has 2 aliphatic heterocycles. The zero-order valence-electron chi connectivity index (χ0n) is 35.8. The maximum atomic E-state index is 6.66. The quantitative estimate of drug-likeness (QED) is 0.166. The van der Waals surface area contributed by atoms with E-state index in [2.05, 4.69) is 226 Å². The van der Waals surface area contributed by atoms with Crippen molar-refractivity contribution in [2.24, 2.45) is 0 Å². The number of para-hydroxylation sites is 4. The molecule has 2 aliphatic rings.